The highest BCUT2D eigenvalue weighted by Crippen LogP contribution is 2.40. The number of amides is 1. The zero-order valence-corrected chi connectivity index (χ0v) is 24.8. The summed E-state index contributed by atoms with van der Waals surface area (Å²) < 4.78 is 80.0. The molecular formula is C31H36F6N4O2. The van der Waals surface area contributed by atoms with Crippen LogP contribution >= 0.6 is 0 Å². The second kappa shape index (κ2) is 12.9. The van der Waals surface area contributed by atoms with E-state index in [1.165, 1.54) is 38.9 Å². The van der Waals surface area contributed by atoms with Crippen LogP contribution in [0.25, 0.3) is 11.1 Å². The van der Waals surface area contributed by atoms with Gasteiger partial charge in [0, 0.05) is 44.4 Å². The number of hydrogen-bond acceptors (Lipinski definition) is 5. The lowest BCUT2D eigenvalue weighted by atomic mass is 9.82. The van der Waals surface area contributed by atoms with Crippen LogP contribution in [0.15, 0.2) is 72.0 Å². The topological polar surface area (TPSA) is 59.9 Å². The maximum Gasteiger partial charge on any atom is 0.416 e. The number of aromatic nitrogens is 1. The number of allylic oxidation sites excluding steroid dienone is 4. The first-order valence-corrected chi connectivity index (χ1v) is 13.5. The molecule has 0 bridgehead atoms. The molecule has 0 atom stereocenters. The van der Waals surface area contributed by atoms with Gasteiger partial charge in [0.15, 0.2) is 0 Å². The number of piperazine rings is 1. The molecule has 43 heavy (non-hydrogen) atoms. The summed E-state index contributed by atoms with van der Waals surface area (Å²) in [5, 5.41) is 10.0. The van der Waals surface area contributed by atoms with Crippen molar-refractivity contribution >= 4 is 17.4 Å². The Morgan fingerprint density at radius 1 is 1.02 bits per heavy atom. The number of likely N-dealkylation sites (N-methyl/N-ethyl adjacent to an activating group) is 1. The van der Waals surface area contributed by atoms with Crippen LogP contribution in [-0.4, -0.2) is 73.5 Å². The molecule has 0 aliphatic carbocycles. The van der Waals surface area contributed by atoms with Gasteiger partial charge in [-0.25, -0.2) is 4.98 Å². The van der Waals surface area contributed by atoms with E-state index >= 15 is 0 Å². The van der Waals surface area contributed by atoms with Crippen LogP contribution in [-0.2, 0) is 11.4 Å². The third-order valence-corrected chi connectivity index (χ3v) is 7.75. The first-order valence-electron chi connectivity index (χ1n) is 13.5. The molecule has 1 saturated heterocycles. The smallest absolute Gasteiger partial charge is 0.392 e. The van der Waals surface area contributed by atoms with Gasteiger partial charge in [-0.1, -0.05) is 42.5 Å². The molecular weight excluding hydrogens is 574 g/mol. The van der Waals surface area contributed by atoms with Crippen LogP contribution in [0.1, 0.15) is 26.3 Å². The molecule has 234 valence electrons. The fourth-order valence-electron chi connectivity index (χ4n) is 4.64. The summed E-state index contributed by atoms with van der Waals surface area (Å²) in [6.45, 7) is 9.61. The summed E-state index contributed by atoms with van der Waals surface area (Å²) in [6, 6.07) is 8.91. The summed E-state index contributed by atoms with van der Waals surface area (Å²) in [4.78, 5) is 24.0. The number of aliphatic hydroxyl groups is 1. The lowest BCUT2D eigenvalue weighted by Crippen LogP contribution is -2.45. The van der Waals surface area contributed by atoms with E-state index in [2.05, 4.69) is 21.4 Å². The molecule has 2 heterocycles. The van der Waals surface area contributed by atoms with Gasteiger partial charge < -0.3 is 19.8 Å². The number of rotatable bonds is 8. The number of carbonyl (C=O) groups excluding carboxylic acids is 1. The minimum Gasteiger partial charge on any atom is -0.392 e. The first-order chi connectivity index (χ1) is 19.9. The number of benzene rings is 1. The largest absolute Gasteiger partial charge is 0.416 e. The van der Waals surface area contributed by atoms with Crippen LogP contribution in [0.5, 0.6) is 0 Å². The third-order valence-electron chi connectivity index (χ3n) is 7.75. The lowest BCUT2D eigenvalue weighted by molar-refractivity contribution is -0.124. The van der Waals surface area contributed by atoms with Crippen molar-refractivity contribution in [2.24, 2.45) is 5.41 Å². The van der Waals surface area contributed by atoms with Crippen molar-refractivity contribution in [3.8, 4) is 11.1 Å². The zero-order chi connectivity index (χ0) is 32.3. The van der Waals surface area contributed by atoms with E-state index in [0.717, 1.165) is 26.2 Å². The zero-order valence-electron chi connectivity index (χ0n) is 24.8. The molecule has 1 aliphatic rings. The van der Waals surface area contributed by atoms with Gasteiger partial charge in [-0.15, -0.1) is 0 Å². The molecule has 2 aromatic rings. The second-order valence-corrected chi connectivity index (χ2v) is 11.1. The van der Waals surface area contributed by atoms with Gasteiger partial charge in [0.1, 0.15) is 5.82 Å². The average Bonchev–Trinajstić information content (AvgIpc) is 2.94. The van der Waals surface area contributed by atoms with Gasteiger partial charge in [-0.2, -0.15) is 26.3 Å². The van der Waals surface area contributed by atoms with Gasteiger partial charge in [0.25, 0.3) is 0 Å². The Morgan fingerprint density at radius 3 is 2.19 bits per heavy atom. The molecule has 1 fully saturated rings. The Hall–Kier alpha value is -3.64. The summed E-state index contributed by atoms with van der Waals surface area (Å²) in [7, 11) is 3.48. The summed E-state index contributed by atoms with van der Waals surface area (Å²) in [5.74, 6) is 0.0509. The van der Waals surface area contributed by atoms with E-state index in [-0.39, 0.29) is 18.3 Å². The Morgan fingerprint density at radius 2 is 1.63 bits per heavy atom. The third kappa shape index (κ3) is 7.85. The highest BCUT2D eigenvalue weighted by molar-refractivity contribution is 6.02. The quantitative estimate of drug-likeness (QED) is 0.272. The monoisotopic (exact) mass is 610 g/mol. The van der Waals surface area contributed by atoms with Crippen molar-refractivity contribution in [2.45, 2.75) is 39.7 Å². The normalized spacial score (nSPS) is 16.0. The maximum absolute atomic E-state index is 13.9. The van der Waals surface area contributed by atoms with Crippen molar-refractivity contribution in [3.05, 3.63) is 77.5 Å². The fraction of sp³-hybridized carbons (Fsp3) is 0.419. The van der Waals surface area contributed by atoms with E-state index in [0.29, 0.717) is 34.3 Å². The Kier molecular flexibility index (Phi) is 10.2. The minimum absolute atomic E-state index is 0.0707. The molecule has 0 unspecified atom stereocenters. The number of nitrogens with zero attached hydrogens (tertiary/aromatic N) is 4. The Labute approximate surface area is 247 Å². The number of aliphatic hydroxyl groups excluding tert-OH is 1. The van der Waals surface area contributed by atoms with E-state index in [9.17, 15) is 36.2 Å². The second-order valence-electron chi connectivity index (χ2n) is 11.1. The molecule has 0 saturated carbocycles. The van der Waals surface area contributed by atoms with Crippen LogP contribution < -0.4 is 9.80 Å². The van der Waals surface area contributed by atoms with E-state index in [1.807, 2.05) is 13.1 Å². The lowest BCUT2D eigenvalue weighted by Gasteiger charge is -2.35. The first kappa shape index (κ1) is 33.9. The average molecular weight is 611 g/mol. The number of carbonyl (C=O) groups is 1. The molecule has 1 aliphatic heterocycles. The van der Waals surface area contributed by atoms with Gasteiger partial charge in [-0.05, 0) is 51.1 Å². The van der Waals surface area contributed by atoms with Gasteiger partial charge in [0.2, 0.25) is 5.91 Å². The molecule has 1 amide bonds. The molecule has 0 spiro atoms. The van der Waals surface area contributed by atoms with Gasteiger partial charge in [-0.3, -0.25) is 4.79 Å². The van der Waals surface area contributed by atoms with Crippen LogP contribution in [0, 0.1) is 5.41 Å². The summed E-state index contributed by atoms with van der Waals surface area (Å²) >= 11 is 0. The number of alkyl halides is 6. The van der Waals surface area contributed by atoms with E-state index in [1.54, 1.807) is 24.3 Å². The molecule has 3 rings (SSSR count). The molecule has 1 N–H and O–H groups in total. The van der Waals surface area contributed by atoms with Crippen molar-refractivity contribution < 1.29 is 36.2 Å². The minimum atomic E-state index is -5.12. The van der Waals surface area contributed by atoms with E-state index in [4.69, 9.17) is 0 Å². The highest BCUT2D eigenvalue weighted by atomic mass is 19.4. The maximum atomic E-state index is 13.9. The van der Waals surface area contributed by atoms with Crippen molar-refractivity contribution in [2.75, 3.05) is 50.1 Å². The molecule has 12 heteroatoms. The van der Waals surface area contributed by atoms with Crippen molar-refractivity contribution in [3.63, 3.8) is 0 Å². The van der Waals surface area contributed by atoms with Crippen LogP contribution in [0.4, 0.5) is 37.8 Å². The van der Waals surface area contributed by atoms with Gasteiger partial charge in [0.05, 0.1) is 29.5 Å². The molecule has 6 nitrogen and oxygen atoms in total. The standard InChI is InChI=1S/C31H36F6N4O2/c1-20(15-23(31(35,36)37)16-21(2)30(32,33)34)29(3,4)28(43)40(6)26-18-38-27(41-13-11-39(5)12-14-41)17-25(26)24-10-8-7-9-22(24)19-42/h7-10,15-18,42H,2,11-14,19H2,1,3-6H3/b20-15+,23-16+. The summed E-state index contributed by atoms with van der Waals surface area (Å²) in [6.07, 6.45) is -8.18. The molecule has 1 aromatic carbocycles. The Bertz CT molecular complexity index is 1400. The van der Waals surface area contributed by atoms with Crippen LogP contribution in [0.3, 0.4) is 0 Å². The Balaban J connectivity index is 2.07. The predicted octanol–water partition coefficient (Wildman–Crippen LogP) is 6.54. The number of halogens is 6. The SMILES string of the molecule is C=C(/C=C(\C=C(/C)C(C)(C)C(=O)N(C)c1cnc(N2CCN(C)CC2)cc1-c1ccccc1CO)C(F)(F)F)C(F)(F)F. The summed E-state index contributed by atoms with van der Waals surface area (Å²) in [5.41, 5.74) is -2.74. The van der Waals surface area contributed by atoms with Crippen molar-refractivity contribution in [1.29, 1.82) is 0 Å². The molecule has 0 radical (unpaired) electrons. The number of hydrogen-bond donors (Lipinski definition) is 1. The van der Waals surface area contributed by atoms with Crippen molar-refractivity contribution in [1.82, 2.24) is 9.88 Å². The number of pyridine rings is 1. The van der Waals surface area contributed by atoms with Gasteiger partial charge >= 0.3 is 12.4 Å². The van der Waals surface area contributed by atoms with Crippen LogP contribution in [0.2, 0.25) is 0 Å². The number of anilines is 2. The fourth-order valence-corrected chi connectivity index (χ4v) is 4.64. The highest BCUT2D eigenvalue weighted by Gasteiger charge is 2.39. The molecule has 1 aromatic heterocycles. The van der Waals surface area contributed by atoms with E-state index < -0.39 is 34.8 Å². The predicted molar refractivity (Wildman–Crippen MR) is 156 cm³/mol.